The Kier molecular flexibility index (Phi) is 7.45. The third kappa shape index (κ3) is 7.12. The van der Waals surface area contributed by atoms with Crippen LogP contribution >= 0.6 is 11.8 Å². The van der Waals surface area contributed by atoms with Gasteiger partial charge in [0.1, 0.15) is 0 Å². The van der Waals surface area contributed by atoms with Crippen molar-refractivity contribution in [3.63, 3.8) is 0 Å². The fraction of sp³-hybridized carbons (Fsp3) is 0.400. The normalized spacial score (nSPS) is 10.2. The molecule has 0 fully saturated rings. The Labute approximate surface area is 134 Å². The van der Waals surface area contributed by atoms with Gasteiger partial charge in [0.15, 0.2) is 6.61 Å². The summed E-state index contributed by atoms with van der Waals surface area (Å²) in [4.78, 5) is 35.2. The summed E-state index contributed by atoms with van der Waals surface area (Å²) in [5, 5.41) is 4.58. The Hall–Kier alpha value is -2.02. The number of carbonyl (C=O) groups is 3. The van der Waals surface area contributed by atoms with Gasteiger partial charge in [-0.05, 0) is 32.4 Å². The lowest BCUT2D eigenvalue weighted by molar-refractivity contribution is -0.145. The summed E-state index contributed by atoms with van der Waals surface area (Å²) < 4.78 is 4.82. The van der Waals surface area contributed by atoms with Crippen molar-refractivity contribution in [1.82, 2.24) is 10.6 Å². The third-order valence-corrected chi connectivity index (χ3v) is 3.63. The molecule has 1 aromatic carbocycles. The van der Waals surface area contributed by atoms with Gasteiger partial charge < -0.3 is 10.1 Å². The molecule has 0 saturated carbocycles. The van der Waals surface area contributed by atoms with Crippen molar-refractivity contribution in [3.8, 4) is 0 Å². The molecule has 0 atom stereocenters. The number of benzene rings is 1. The number of thioether (sulfide) groups is 1. The Balaban J connectivity index is 2.27. The first kappa shape index (κ1) is 18.0. The summed E-state index contributed by atoms with van der Waals surface area (Å²) in [5.74, 6) is -1.06. The molecule has 0 unspecified atom stereocenters. The highest BCUT2D eigenvalue weighted by Gasteiger charge is 2.12. The molecule has 120 valence electrons. The fourth-order valence-corrected chi connectivity index (χ4v) is 2.33. The number of rotatable bonds is 6. The summed E-state index contributed by atoms with van der Waals surface area (Å²) in [6.07, 6.45) is 0. The molecular formula is C15H20N2O4S. The predicted molar refractivity (Wildman–Crippen MR) is 84.7 cm³/mol. The number of carbonyl (C=O) groups excluding carboxylic acids is 3. The molecule has 22 heavy (non-hydrogen) atoms. The summed E-state index contributed by atoms with van der Waals surface area (Å²) in [5.41, 5.74) is 1.07. The second kappa shape index (κ2) is 9.09. The molecule has 1 aromatic rings. The quantitative estimate of drug-likeness (QED) is 0.616. The molecule has 0 aromatic heterocycles. The highest BCUT2D eigenvalue weighted by molar-refractivity contribution is 8.00. The molecule has 0 radical (unpaired) electrons. The van der Waals surface area contributed by atoms with Crippen LogP contribution in [-0.4, -0.2) is 36.3 Å². The SMILES string of the molecule is Cc1ccccc1SCC(=O)OCC(=O)NC(=O)NC(C)C. The first-order chi connectivity index (χ1) is 10.4. The van der Waals surface area contributed by atoms with Crippen molar-refractivity contribution >= 4 is 29.7 Å². The van der Waals surface area contributed by atoms with Crippen LogP contribution < -0.4 is 10.6 Å². The number of imide groups is 1. The van der Waals surface area contributed by atoms with Crippen LogP contribution in [0.5, 0.6) is 0 Å². The van der Waals surface area contributed by atoms with Crippen LogP contribution in [0.25, 0.3) is 0 Å². The number of hydrogen-bond donors (Lipinski definition) is 2. The minimum atomic E-state index is -0.660. The monoisotopic (exact) mass is 324 g/mol. The van der Waals surface area contributed by atoms with Crippen LogP contribution in [0.1, 0.15) is 19.4 Å². The molecule has 0 bridgehead atoms. The number of ether oxygens (including phenoxy) is 1. The molecule has 0 aliphatic carbocycles. The molecule has 0 aliphatic heterocycles. The topological polar surface area (TPSA) is 84.5 Å². The van der Waals surface area contributed by atoms with Crippen molar-refractivity contribution in [3.05, 3.63) is 29.8 Å². The lowest BCUT2D eigenvalue weighted by Gasteiger charge is -2.09. The molecular weight excluding hydrogens is 304 g/mol. The zero-order valence-electron chi connectivity index (χ0n) is 12.8. The van der Waals surface area contributed by atoms with Crippen molar-refractivity contribution in [1.29, 1.82) is 0 Å². The summed E-state index contributed by atoms with van der Waals surface area (Å²) in [7, 11) is 0. The van der Waals surface area contributed by atoms with Crippen LogP contribution in [0, 0.1) is 6.92 Å². The molecule has 7 heteroatoms. The predicted octanol–water partition coefficient (Wildman–Crippen LogP) is 1.86. The van der Waals surface area contributed by atoms with Gasteiger partial charge >= 0.3 is 12.0 Å². The Morgan fingerprint density at radius 2 is 1.91 bits per heavy atom. The van der Waals surface area contributed by atoms with Crippen LogP contribution in [0.2, 0.25) is 0 Å². The average Bonchev–Trinajstić information content (AvgIpc) is 2.43. The minimum absolute atomic E-state index is 0.0825. The zero-order chi connectivity index (χ0) is 16.5. The fourth-order valence-electron chi connectivity index (χ4n) is 1.50. The molecule has 0 heterocycles. The van der Waals surface area contributed by atoms with E-state index in [-0.39, 0.29) is 11.8 Å². The Morgan fingerprint density at radius 3 is 2.55 bits per heavy atom. The lowest BCUT2D eigenvalue weighted by atomic mass is 10.2. The van der Waals surface area contributed by atoms with E-state index < -0.39 is 24.5 Å². The first-order valence-electron chi connectivity index (χ1n) is 6.83. The van der Waals surface area contributed by atoms with Gasteiger partial charge in [0.25, 0.3) is 5.91 Å². The van der Waals surface area contributed by atoms with Crippen molar-refractivity contribution in [2.45, 2.75) is 31.7 Å². The van der Waals surface area contributed by atoms with Gasteiger partial charge in [-0.3, -0.25) is 14.9 Å². The largest absolute Gasteiger partial charge is 0.455 e. The lowest BCUT2D eigenvalue weighted by Crippen LogP contribution is -2.44. The maximum atomic E-state index is 11.6. The van der Waals surface area contributed by atoms with Crippen LogP contribution in [-0.2, 0) is 14.3 Å². The van der Waals surface area contributed by atoms with Gasteiger partial charge in [0, 0.05) is 10.9 Å². The Morgan fingerprint density at radius 1 is 1.23 bits per heavy atom. The van der Waals surface area contributed by atoms with Gasteiger partial charge in [-0.15, -0.1) is 11.8 Å². The number of hydrogen-bond acceptors (Lipinski definition) is 5. The zero-order valence-corrected chi connectivity index (χ0v) is 13.7. The second-order valence-corrected chi connectivity index (χ2v) is 5.91. The van der Waals surface area contributed by atoms with E-state index in [1.165, 1.54) is 11.8 Å². The third-order valence-electron chi connectivity index (χ3n) is 2.48. The van der Waals surface area contributed by atoms with Gasteiger partial charge in [-0.2, -0.15) is 0 Å². The summed E-state index contributed by atoms with van der Waals surface area (Å²) >= 11 is 1.34. The van der Waals surface area contributed by atoms with Gasteiger partial charge in [0.05, 0.1) is 5.75 Å². The van der Waals surface area contributed by atoms with E-state index in [1.807, 2.05) is 31.2 Å². The summed E-state index contributed by atoms with van der Waals surface area (Å²) in [6, 6.07) is 6.99. The number of nitrogens with one attached hydrogen (secondary N) is 2. The maximum Gasteiger partial charge on any atom is 0.321 e. The maximum absolute atomic E-state index is 11.6. The van der Waals surface area contributed by atoms with E-state index in [0.717, 1.165) is 10.5 Å². The molecule has 0 aliphatic rings. The van der Waals surface area contributed by atoms with Crippen molar-refractivity contribution < 1.29 is 19.1 Å². The van der Waals surface area contributed by atoms with Gasteiger partial charge in [0.2, 0.25) is 0 Å². The number of esters is 1. The number of aryl methyl sites for hydroxylation is 1. The molecule has 1 rings (SSSR count). The van der Waals surface area contributed by atoms with E-state index >= 15 is 0 Å². The smallest absolute Gasteiger partial charge is 0.321 e. The van der Waals surface area contributed by atoms with Crippen LogP contribution in [0.15, 0.2) is 29.2 Å². The first-order valence-corrected chi connectivity index (χ1v) is 7.81. The number of amides is 3. The van der Waals surface area contributed by atoms with Gasteiger partial charge in [-0.1, -0.05) is 18.2 Å². The average molecular weight is 324 g/mol. The molecule has 3 amide bonds. The standard InChI is InChI=1S/C15H20N2O4S/c1-10(2)16-15(20)17-13(18)8-21-14(19)9-22-12-7-5-4-6-11(12)3/h4-7,10H,8-9H2,1-3H3,(H2,16,17,18,20). The molecule has 0 spiro atoms. The van der Waals surface area contributed by atoms with E-state index in [2.05, 4.69) is 10.6 Å². The van der Waals surface area contributed by atoms with E-state index in [1.54, 1.807) is 13.8 Å². The van der Waals surface area contributed by atoms with E-state index in [0.29, 0.717) is 0 Å². The van der Waals surface area contributed by atoms with Gasteiger partial charge in [-0.25, -0.2) is 4.79 Å². The van der Waals surface area contributed by atoms with Crippen LogP contribution in [0.3, 0.4) is 0 Å². The Bertz CT molecular complexity index is 546. The van der Waals surface area contributed by atoms with Crippen molar-refractivity contribution in [2.24, 2.45) is 0 Å². The number of urea groups is 1. The minimum Gasteiger partial charge on any atom is -0.455 e. The molecule has 2 N–H and O–H groups in total. The highest BCUT2D eigenvalue weighted by atomic mass is 32.2. The van der Waals surface area contributed by atoms with E-state index in [9.17, 15) is 14.4 Å². The second-order valence-electron chi connectivity index (χ2n) is 4.89. The molecule has 0 saturated heterocycles. The van der Waals surface area contributed by atoms with E-state index in [4.69, 9.17) is 4.74 Å². The van der Waals surface area contributed by atoms with Crippen LogP contribution in [0.4, 0.5) is 4.79 Å². The summed E-state index contributed by atoms with van der Waals surface area (Å²) in [6.45, 7) is 5.02. The van der Waals surface area contributed by atoms with Crippen molar-refractivity contribution in [2.75, 3.05) is 12.4 Å². The highest BCUT2D eigenvalue weighted by Crippen LogP contribution is 2.21. The molecule has 6 nitrogen and oxygen atoms in total.